The molecule has 2 N–H and O–H groups in total. The SMILES string of the molecule is Cl.NCC1CC(=C2CC2)C1. The fourth-order valence-corrected chi connectivity index (χ4v) is 1.51. The molecule has 2 rings (SSSR count). The van der Waals surface area contributed by atoms with Crippen molar-refractivity contribution < 1.29 is 0 Å². The average molecular weight is 160 g/mol. The zero-order chi connectivity index (χ0) is 6.27. The first-order valence-corrected chi connectivity index (χ1v) is 3.80. The van der Waals surface area contributed by atoms with Crippen molar-refractivity contribution >= 4 is 12.4 Å². The third-order valence-electron chi connectivity index (χ3n) is 2.40. The molecule has 0 aromatic carbocycles. The molecule has 58 valence electrons. The van der Waals surface area contributed by atoms with E-state index < -0.39 is 0 Å². The Kier molecular flexibility index (Phi) is 2.37. The molecule has 2 aliphatic carbocycles. The van der Waals surface area contributed by atoms with Crippen LogP contribution in [0, 0.1) is 5.92 Å². The first-order chi connectivity index (χ1) is 4.40. The van der Waals surface area contributed by atoms with E-state index in [0.717, 1.165) is 12.5 Å². The lowest BCUT2D eigenvalue weighted by atomic mass is 9.79. The van der Waals surface area contributed by atoms with E-state index in [1.807, 2.05) is 0 Å². The van der Waals surface area contributed by atoms with Crippen molar-refractivity contribution in [2.24, 2.45) is 11.7 Å². The van der Waals surface area contributed by atoms with Crippen LogP contribution in [0.1, 0.15) is 25.7 Å². The third kappa shape index (κ3) is 1.35. The molecule has 0 spiro atoms. The Balaban J connectivity index is 0.000000500. The van der Waals surface area contributed by atoms with E-state index in [4.69, 9.17) is 5.73 Å². The Morgan fingerprint density at radius 2 is 1.80 bits per heavy atom. The molecule has 2 fully saturated rings. The molecule has 2 aliphatic rings. The summed E-state index contributed by atoms with van der Waals surface area (Å²) in [7, 11) is 0. The lowest BCUT2D eigenvalue weighted by Crippen LogP contribution is -2.23. The van der Waals surface area contributed by atoms with Crippen LogP contribution >= 0.6 is 12.4 Å². The maximum atomic E-state index is 5.49. The Morgan fingerprint density at radius 1 is 1.20 bits per heavy atom. The fraction of sp³-hybridized carbons (Fsp3) is 0.750. The number of rotatable bonds is 1. The third-order valence-corrected chi connectivity index (χ3v) is 2.40. The van der Waals surface area contributed by atoms with Gasteiger partial charge in [-0.05, 0) is 38.1 Å². The van der Waals surface area contributed by atoms with Gasteiger partial charge >= 0.3 is 0 Å². The van der Waals surface area contributed by atoms with E-state index in [-0.39, 0.29) is 12.4 Å². The molecule has 0 bridgehead atoms. The zero-order valence-electron chi connectivity index (χ0n) is 6.10. The number of hydrogen-bond donors (Lipinski definition) is 1. The Bertz CT molecular complexity index is 149. The van der Waals surface area contributed by atoms with E-state index in [1.165, 1.54) is 25.7 Å². The molecule has 0 heterocycles. The van der Waals surface area contributed by atoms with Crippen LogP contribution in [0.15, 0.2) is 11.1 Å². The number of nitrogens with two attached hydrogens (primary N) is 1. The molecule has 0 saturated heterocycles. The summed E-state index contributed by atoms with van der Waals surface area (Å²) in [6.07, 6.45) is 5.44. The standard InChI is InChI=1S/C8H13N.ClH/c9-5-6-3-8(4-6)7-1-2-7;/h6H,1-5,9H2;1H. The van der Waals surface area contributed by atoms with E-state index >= 15 is 0 Å². The van der Waals surface area contributed by atoms with Crippen LogP contribution in [0.4, 0.5) is 0 Å². The first kappa shape index (κ1) is 8.09. The summed E-state index contributed by atoms with van der Waals surface area (Å²) >= 11 is 0. The van der Waals surface area contributed by atoms with E-state index in [0.29, 0.717) is 0 Å². The highest BCUT2D eigenvalue weighted by atomic mass is 35.5. The lowest BCUT2D eigenvalue weighted by molar-refractivity contribution is 0.427. The average Bonchev–Trinajstić information content (AvgIpc) is 2.46. The van der Waals surface area contributed by atoms with Crippen LogP contribution < -0.4 is 5.73 Å². The van der Waals surface area contributed by atoms with Crippen molar-refractivity contribution in [3.05, 3.63) is 11.1 Å². The quantitative estimate of drug-likeness (QED) is 0.581. The molecule has 0 aromatic heterocycles. The smallest absolute Gasteiger partial charge is 0.00427 e. The minimum absolute atomic E-state index is 0. The summed E-state index contributed by atoms with van der Waals surface area (Å²) < 4.78 is 0. The maximum absolute atomic E-state index is 5.49. The summed E-state index contributed by atoms with van der Waals surface area (Å²) in [5.74, 6) is 0.841. The first-order valence-electron chi connectivity index (χ1n) is 3.80. The number of allylic oxidation sites excluding steroid dienone is 2. The van der Waals surface area contributed by atoms with Gasteiger partial charge in [0.05, 0.1) is 0 Å². The number of hydrogen-bond acceptors (Lipinski definition) is 1. The van der Waals surface area contributed by atoms with Crippen LogP contribution in [0.25, 0.3) is 0 Å². The van der Waals surface area contributed by atoms with Gasteiger partial charge in [0.25, 0.3) is 0 Å². The molecule has 0 unspecified atom stereocenters. The van der Waals surface area contributed by atoms with Crippen molar-refractivity contribution in [1.29, 1.82) is 0 Å². The topological polar surface area (TPSA) is 26.0 Å². The monoisotopic (exact) mass is 159 g/mol. The Labute approximate surface area is 68.1 Å². The van der Waals surface area contributed by atoms with Crippen LogP contribution in [0.5, 0.6) is 0 Å². The van der Waals surface area contributed by atoms with E-state index in [9.17, 15) is 0 Å². The highest BCUT2D eigenvalue weighted by molar-refractivity contribution is 5.85. The predicted molar refractivity (Wildman–Crippen MR) is 45.3 cm³/mol. The largest absolute Gasteiger partial charge is 0.330 e. The minimum Gasteiger partial charge on any atom is -0.330 e. The minimum atomic E-state index is 0. The summed E-state index contributed by atoms with van der Waals surface area (Å²) in [5, 5.41) is 0. The Hall–Kier alpha value is -0.0100. The molecule has 1 nitrogen and oxygen atoms in total. The zero-order valence-corrected chi connectivity index (χ0v) is 6.91. The molecule has 10 heavy (non-hydrogen) atoms. The van der Waals surface area contributed by atoms with Crippen LogP contribution in [0.3, 0.4) is 0 Å². The molecule has 2 saturated carbocycles. The van der Waals surface area contributed by atoms with Crippen LogP contribution in [-0.2, 0) is 0 Å². The van der Waals surface area contributed by atoms with Gasteiger partial charge in [-0.3, -0.25) is 0 Å². The van der Waals surface area contributed by atoms with Gasteiger partial charge < -0.3 is 5.73 Å². The van der Waals surface area contributed by atoms with Crippen molar-refractivity contribution in [2.45, 2.75) is 25.7 Å². The second-order valence-corrected chi connectivity index (χ2v) is 3.22. The molecule has 0 radical (unpaired) electrons. The number of halogens is 1. The van der Waals surface area contributed by atoms with Gasteiger partial charge in [0.1, 0.15) is 0 Å². The summed E-state index contributed by atoms with van der Waals surface area (Å²) in [5.41, 5.74) is 8.98. The molecule has 0 atom stereocenters. The molecule has 0 aromatic rings. The van der Waals surface area contributed by atoms with E-state index in [1.54, 1.807) is 11.1 Å². The van der Waals surface area contributed by atoms with E-state index in [2.05, 4.69) is 0 Å². The maximum Gasteiger partial charge on any atom is -0.00427 e. The van der Waals surface area contributed by atoms with Crippen molar-refractivity contribution in [2.75, 3.05) is 6.54 Å². The summed E-state index contributed by atoms with van der Waals surface area (Å²) in [6, 6.07) is 0. The van der Waals surface area contributed by atoms with Gasteiger partial charge in [-0.15, -0.1) is 12.4 Å². The van der Waals surface area contributed by atoms with Gasteiger partial charge in [-0.25, -0.2) is 0 Å². The summed E-state index contributed by atoms with van der Waals surface area (Å²) in [6.45, 7) is 0.900. The van der Waals surface area contributed by atoms with Gasteiger partial charge in [-0.1, -0.05) is 11.1 Å². The second kappa shape index (κ2) is 2.93. The van der Waals surface area contributed by atoms with Gasteiger partial charge in [0, 0.05) is 0 Å². The van der Waals surface area contributed by atoms with Gasteiger partial charge in [-0.2, -0.15) is 0 Å². The van der Waals surface area contributed by atoms with Gasteiger partial charge in [0.15, 0.2) is 0 Å². The Morgan fingerprint density at radius 3 is 2.20 bits per heavy atom. The van der Waals surface area contributed by atoms with Gasteiger partial charge in [0.2, 0.25) is 0 Å². The molecule has 2 heteroatoms. The highest BCUT2D eigenvalue weighted by Crippen LogP contribution is 2.43. The molecular formula is C8H14ClN. The normalized spacial score (nSPS) is 29.1. The van der Waals surface area contributed by atoms with Crippen molar-refractivity contribution in [3.8, 4) is 0 Å². The van der Waals surface area contributed by atoms with Crippen molar-refractivity contribution in [1.82, 2.24) is 0 Å². The highest BCUT2D eigenvalue weighted by Gasteiger charge is 2.28. The molecular weight excluding hydrogens is 146 g/mol. The molecule has 0 amide bonds. The fourth-order valence-electron chi connectivity index (χ4n) is 1.51. The summed E-state index contributed by atoms with van der Waals surface area (Å²) in [4.78, 5) is 0. The predicted octanol–water partition coefficient (Wildman–Crippen LogP) is 1.87. The second-order valence-electron chi connectivity index (χ2n) is 3.22. The van der Waals surface area contributed by atoms with Crippen LogP contribution in [0.2, 0.25) is 0 Å². The lowest BCUT2D eigenvalue weighted by Gasteiger charge is -2.27. The molecule has 0 aliphatic heterocycles. The van der Waals surface area contributed by atoms with Crippen molar-refractivity contribution in [3.63, 3.8) is 0 Å². The van der Waals surface area contributed by atoms with Crippen LogP contribution in [-0.4, -0.2) is 6.54 Å².